The molecule has 0 amide bonds. The highest BCUT2D eigenvalue weighted by Gasteiger charge is 2.21. The Bertz CT molecular complexity index is 633. The van der Waals surface area contributed by atoms with Crippen molar-refractivity contribution < 1.29 is 18.3 Å². The highest BCUT2D eigenvalue weighted by Crippen LogP contribution is 2.31. The summed E-state index contributed by atoms with van der Waals surface area (Å²) < 4.78 is 26.7. The zero-order chi connectivity index (χ0) is 16.0. The number of rotatable bonds is 7. The Labute approximate surface area is 133 Å². The molecule has 5 nitrogen and oxygen atoms in total. The Morgan fingerprint density at radius 1 is 1.33 bits per heavy atom. The van der Waals surface area contributed by atoms with Gasteiger partial charge in [0.25, 0.3) is 0 Å². The van der Waals surface area contributed by atoms with Crippen molar-refractivity contribution >= 4 is 45.3 Å². The SMILES string of the molecule is CCCCNS(=O)(=O)c1c(Cl)cc(C=CC(=O)O)cc1Cl. The van der Waals surface area contributed by atoms with E-state index in [0.29, 0.717) is 18.5 Å². The molecule has 2 N–H and O–H groups in total. The van der Waals surface area contributed by atoms with Gasteiger partial charge in [-0.05, 0) is 30.2 Å². The molecule has 21 heavy (non-hydrogen) atoms. The predicted octanol–water partition coefficient (Wildman–Crippen LogP) is 3.17. The Morgan fingerprint density at radius 3 is 2.38 bits per heavy atom. The molecule has 8 heteroatoms. The Balaban J connectivity index is 3.12. The topological polar surface area (TPSA) is 83.5 Å². The van der Waals surface area contributed by atoms with E-state index in [1.165, 1.54) is 18.2 Å². The van der Waals surface area contributed by atoms with E-state index in [1.54, 1.807) is 0 Å². The lowest BCUT2D eigenvalue weighted by molar-refractivity contribution is -0.131. The minimum absolute atomic E-state index is 0.0588. The monoisotopic (exact) mass is 351 g/mol. The number of nitrogens with one attached hydrogen (secondary N) is 1. The first kappa shape index (κ1) is 18.0. The van der Waals surface area contributed by atoms with Gasteiger partial charge in [-0.1, -0.05) is 36.5 Å². The Morgan fingerprint density at radius 2 is 1.90 bits per heavy atom. The molecule has 0 radical (unpaired) electrons. The summed E-state index contributed by atoms with van der Waals surface area (Å²) in [5.74, 6) is -1.12. The van der Waals surface area contributed by atoms with Crippen molar-refractivity contribution in [3.8, 4) is 0 Å². The maximum Gasteiger partial charge on any atom is 0.328 e. The van der Waals surface area contributed by atoms with Crippen LogP contribution >= 0.6 is 23.2 Å². The van der Waals surface area contributed by atoms with E-state index in [0.717, 1.165) is 12.5 Å². The van der Waals surface area contributed by atoms with E-state index in [9.17, 15) is 13.2 Å². The van der Waals surface area contributed by atoms with Crippen molar-refractivity contribution in [1.29, 1.82) is 0 Å². The van der Waals surface area contributed by atoms with Crippen LogP contribution in [0.5, 0.6) is 0 Å². The van der Waals surface area contributed by atoms with E-state index in [2.05, 4.69) is 4.72 Å². The molecular formula is C13H15Cl2NO4S. The van der Waals surface area contributed by atoms with Gasteiger partial charge in [0.05, 0.1) is 10.0 Å². The van der Waals surface area contributed by atoms with Crippen molar-refractivity contribution in [2.45, 2.75) is 24.7 Å². The van der Waals surface area contributed by atoms with Crippen LogP contribution in [0, 0.1) is 0 Å². The second-order valence-corrected chi connectivity index (χ2v) is 6.75. The minimum atomic E-state index is -3.80. The lowest BCUT2D eigenvalue weighted by atomic mass is 10.2. The molecule has 0 aromatic heterocycles. The molecular weight excluding hydrogens is 337 g/mol. The van der Waals surface area contributed by atoms with Gasteiger partial charge in [-0.3, -0.25) is 0 Å². The summed E-state index contributed by atoms with van der Waals surface area (Å²) in [5, 5.41) is 8.44. The summed E-state index contributed by atoms with van der Waals surface area (Å²) in [7, 11) is -3.80. The van der Waals surface area contributed by atoms with Gasteiger partial charge in [0.2, 0.25) is 10.0 Å². The summed E-state index contributed by atoms with van der Waals surface area (Å²) in [5.41, 5.74) is 0.403. The number of unbranched alkanes of at least 4 members (excludes halogenated alkanes) is 1. The largest absolute Gasteiger partial charge is 0.478 e. The van der Waals surface area contributed by atoms with Crippen molar-refractivity contribution in [1.82, 2.24) is 4.72 Å². The van der Waals surface area contributed by atoms with E-state index >= 15 is 0 Å². The fourth-order valence-corrected chi connectivity index (χ4v) is 3.86. The normalized spacial score (nSPS) is 12.0. The number of sulfonamides is 1. The molecule has 0 unspecified atom stereocenters. The average molecular weight is 352 g/mol. The summed E-state index contributed by atoms with van der Waals surface area (Å²) >= 11 is 11.9. The zero-order valence-electron chi connectivity index (χ0n) is 11.3. The minimum Gasteiger partial charge on any atom is -0.478 e. The molecule has 0 bridgehead atoms. The molecule has 0 aliphatic rings. The Hall–Kier alpha value is -1.08. The van der Waals surface area contributed by atoms with Crippen LogP contribution in [0.4, 0.5) is 0 Å². The third kappa shape index (κ3) is 5.32. The van der Waals surface area contributed by atoms with Crippen molar-refractivity contribution in [3.05, 3.63) is 33.8 Å². The predicted molar refractivity (Wildman–Crippen MR) is 83.2 cm³/mol. The number of hydrogen-bond acceptors (Lipinski definition) is 3. The molecule has 0 heterocycles. The van der Waals surface area contributed by atoms with Crippen LogP contribution in [0.3, 0.4) is 0 Å². The van der Waals surface area contributed by atoms with Gasteiger partial charge in [-0.25, -0.2) is 17.9 Å². The second-order valence-electron chi connectivity index (χ2n) is 4.24. The Kier molecular flexibility index (Phi) is 6.67. The van der Waals surface area contributed by atoms with Crippen LogP contribution in [-0.4, -0.2) is 26.0 Å². The highest BCUT2D eigenvalue weighted by atomic mass is 35.5. The summed E-state index contributed by atoms with van der Waals surface area (Å²) in [4.78, 5) is 10.3. The van der Waals surface area contributed by atoms with E-state index in [4.69, 9.17) is 28.3 Å². The quantitative estimate of drug-likeness (QED) is 0.583. The summed E-state index contributed by atoms with van der Waals surface area (Å²) in [6.45, 7) is 2.24. The number of hydrogen-bond donors (Lipinski definition) is 2. The maximum absolute atomic E-state index is 12.1. The number of aliphatic carboxylic acids is 1. The van der Waals surface area contributed by atoms with Gasteiger partial charge in [0.1, 0.15) is 4.90 Å². The van der Waals surface area contributed by atoms with Crippen molar-refractivity contribution in [3.63, 3.8) is 0 Å². The number of benzene rings is 1. The van der Waals surface area contributed by atoms with Crippen molar-refractivity contribution in [2.24, 2.45) is 0 Å². The first-order chi connectivity index (χ1) is 9.77. The lowest BCUT2D eigenvalue weighted by Crippen LogP contribution is -2.25. The van der Waals surface area contributed by atoms with Gasteiger partial charge in [-0.15, -0.1) is 0 Å². The van der Waals surface area contributed by atoms with Gasteiger partial charge >= 0.3 is 5.97 Å². The van der Waals surface area contributed by atoms with Crippen LogP contribution in [0.1, 0.15) is 25.3 Å². The molecule has 0 fully saturated rings. The number of halogens is 2. The van der Waals surface area contributed by atoms with Crippen LogP contribution in [0.15, 0.2) is 23.1 Å². The second kappa shape index (κ2) is 7.79. The first-order valence-electron chi connectivity index (χ1n) is 6.17. The summed E-state index contributed by atoms with van der Waals surface area (Å²) in [6, 6.07) is 2.70. The number of carboxylic acids is 1. The summed E-state index contributed by atoms with van der Waals surface area (Å²) in [6.07, 6.45) is 3.74. The van der Waals surface area contributed by atoms with E-state index < -0.39 is 16.0 Å². The smallest absolute Gasteiger partial charge is 0.328 e. The molecule has 0 saturated carbocycles. The average Bonchev–Trinajstić information content (AvgIpc) is 2.35. The third-order valence-electron chi connectivity index (χ3n) is 2.53. The van der Waals surface area contributed by atoms with Crippen LogP contribution in [-0.2, 0) is 14.8 Å². The van der Waals surface area contributed by atoms with E-state index in [-0.39, 0.29) is 14.9 Å². The first-order valence-corrected chi connectivity index (χ1v) is 8.41. The molecule has 1 aromatic rings. The lowest BCUT2D eigenvalue weighted by Gasteiger charge is -2.10. The molecule has 1 aromatic carbocycles. The molecule has 0 aliphatic heterocycles. The van der Waals surface area contributed by atoms with Crippen LogP contribution < -0.4 is 4.72 Å². The van der Waals surface area contributed by atoms with Crippen LogP contribution in [0.25, 0.3) is 6.08 Å². The van der Waals surface area contributed by atoms with Gasteiger partial charge in [0, 0.05) is 12.6 Å². The standard InChI is InChI=1S/C13H15Cl2NO4S/c1-2-3-6-16-21(19,20)13-10(14)7-9(8-11(13)15)4-5-12(17)18/h4-5,7-8,16H,2-3,6H2,1H3,(H,17,18). The molecule has 1 rings (SSSR count). The number of carboxylic acid groups (broad SMARTS) is 1. The molecule has 0 atom stereocenters. The molecule has 0 spiro atoms. The third-order valence-corrected chi connectivity index (χ3v) is 4.91. The molecule has 0 aliphatic carbocycles. The fraction of sp³-hybridized carbons (Fsp3) is 0.308. The molecule has 0 saturated heterocycles. The van der Waals surface area contributed by atoms with Crippen LogP contribution in [0.2, 0.25) is 10.0 Å². The van der Waals surface area contributed by atoms with Gasteiger partial charge < -0.3 is 5.11 Å². The molecule has 116 valence electrons. The zero-order valence-corrected chi connectivity index (χ0v) is 13.6. The van der Waals surface area contributed by atoms with Crippen molar-refractivity contribution in [2.75, 3.05) is 6.54 Å². The van der Waals surface area contributed by atoms with Gasteiger partial charge in [0.15, 0.2) is 0 Å². The fourth-order valence-electron chi connectivity index (χ4n) is 1.56. The van der Waals surface area contributed by atoms with E-state index in [1.807, 2.05) is 6.92 Å². The maximum atomic E-state index is 12.1. The highest BCUT2D eigenvalue weighted by molar-refractivity contribution is 7.89. The number of carbonyl (C=O) groups is 1. The van der Waals surface area contributed by atoms with Gasteiger partial charge in [-0.2, -0.15) is 0 Å².